The molecule has 0 amide bonds. The minimum absolute atomic E-state index is 0.0205. The van der Waals surface area contributed by atoms with Gasteiger partial charge in [0.15, 0.2) is 0 Å². The maximum Gasteiger partial charge on any atom is 0.310 e. The summed E-state index contributed by atoms with van der Waals surface area (Å²) in [5, 5.41) is 0.537. The van der Waals surface area contributed by atoms with Crippen LogP contribution in [0.25, 0.3) is 0 Å². The van der Waals surface area contributed by atoms with Gasteiger partial charge in [0.2, 0.25) is 0 Å². The summed E-state index contributed by atoms with van der Waals surface area (Å²) < 4.78 is 21.2. The van der Waals surface area contributed by atoms with Crippen molar-refractivity contribution in [3.8, 4) is 0 Å². The predicted molar refractivity (Wildman–Crippen MR) is 87.2 cm³/mol. The highest BCUT2D eigenvalue weighted by Crippen LogP contribution is 2.67. The maximum absolute atomic E-state index is 13.3. The fourth-order valence-electron chi connectivity index (χ4n) is 2.45. The number of likely N-dealkylation sites (N-methyl/N-ethyl adjacent to an activating group) is 1. The van der Waals surface area contributed by atoms with Gasteiger partial charge in [-0.25, -0.2) is 4.67 Å². The van der Waals surface area contributed by atoms with Gasteiger partial charge in [0.1, 0.15) is 6.10 Å². The summed E-state index contributed by atoms with van der Waals surface area (Å²) >= 11 is 0. The van der Waals surface area contributed by atoms with E-state index in [4.69, 9.17) is 4.52 Å². The molecular weight excluding hydrogens is 281 g/mol. The molecule has 0 aliphatic carbocycles. The lowest BCUT2D eigenvalue weighted by Gasteiger charge is -2.20. The van der Waals surface area contributed by atoms with E-state index >= 15 is 0 Å². The molecule has 0 radical (unpaired) electrons. The van der Waals surface area contributed by atoms with E-state index in [1.165, 1.54) is 0 Å². The van der Waals surface area contributed by atoms with E-state index in [2.05, 4.69) is 12.3 Å². The molecule has 3 atom stereocenters. The molecule has 1 heterocycles. The molecule has 112 valence electrons. The summed E-state index contributed by atoms with van der Waals surface area (Å²) in [7, 11) is -1.26. The Labute approximate surface area is 127 Å². The molecule has 1 aliphatic rings. The maximum atomic E-state index is 13.3. The Morgan fingerprint density at radius 1 is 1.38 bits per heavy atom. The molecule has 0 saturated carbocycles. The minimum Gasteiger partial charge on any atom is -0.304 e. The van der Waals surface area contributed by atoms with Gasteiger partial charge in [0.25, 0.3) is 0 Å². The lowest BCUT2D eigenvalue weighted by molar-refractivity contribution is 0.211. The van der Waals surface area contributed by atoms with Crippen LogP contribution in [0.1, 0.15) is 32.4 Å². The SMILES string of the molecule is C=CC(=C=C(C)C)P1(=O)O[C@@H](c2ccccc2)[C@H](C)N1C. The van der Waals surface area contributed by atoms with Gasteiger partial charge in [-0.15, -0.1) is 5.73 Å². The Bertz CT molecular complexity index is 640. The minimum atomic E-state index is -3.10. The van der Waals surface area contributed by atoms with Gasteiger partial charge in [0.05, 0.1) is 5.31 Å². The number of rotatable bonds is 3. The van der Waals surface area contributed by atoms with Crippen molar-refractivity contribution in [3.63, 3.8) is 0 Å². The molecule has 1 fully saturated rings. The molecule has 1 aliphatic heterocycles. The van der Waals surface area contributed by atoms with Crippen LogP contribution in [0.3, 0.4) is 0 Å². The van der Waals surface area contributed by atoms with Crippen molar-refractivity contribution in [3.05, 3.63) is 65.2 Å². The van der Waals surface area contributed by atoms with Gasteiger partial charge in [-0.05, 0) is 45.0 Å². The summed E-state index contributed by atoms with van der Waals surface area (Å²) in [5.41, 5.74) is 5.11. The van der Waals surface area contributed by atoms with Crippen LogP contribution in [0.15, 0.2) is 59.6 Å². The first kappa shape index (κ1) is 16.0. The largest absolute Gasteiger partial charge is 0.310 e. The molecule has 3 nitrogen and oxygen atoms in total. The van der Waals surface area contributed by atoms with Crippen LogP contribution in [-0.4, -0.2) is 17.8 Å². The molecule has 2 rings (SSSR count). The van der Waals surface area contributed by atoms with Crippen molar-refractivity contribution in [2.45, 2.75) is 32.9 Å². The Hall–Kier alpha value is -1.37. The second-order valence-corrected chi connectivity index (χ2v) is 7.85. The normalized spacial score (nSPS) is 29.0. The van der Waals surface area contributed by atoms with Crippen molar-refractivity contribution >= 4 is 7.52 Å². The van der Waals surface area contributed by atoms with E-state index in [9.17, 15) is 4.57 Å². The zero-order valence-corrected chi connectivity index (χ0v) is 13.9. The molecule has 1 aromatic rings. The summed E-state index contributed by atoms with van der Waals surface area (Å²) in [5.74, 6) is 0. The lowest BCUT2D eigenvalue weighted by atomic mass is 10.0. The quantitative estimate of drug-likeness (QED) is 0.451. The molecule has 0 N–H and O–H groups in total. The molecule has 0 spiro atoms. The number of hydrogen-bond donors (Lipinski definition) is 0. The highest BCUT2D eigenvalue weighted by Gasteiger charge is 2.48. The third-order valence-corrected chi connectivity index (χ3v) is 6.31. The molecule has 4 heteroatoms. The van der Waals surface area contributed by atoms with Crippen LogP contribution in [0.2, 0.25) is 0 Å². The van der Waals surface area contributed by atoms with Crippen molar-refractivity contribution in [2.24, 2.45) is 0 Å². The van der Waals surface area contributed by atoms with Crippen molar-refractivity contribution in [1.82, 2.24) is 4.67 Å². The van der Waals surface area contributed by atoms with Gasteiger partial charge in [-0.1, -0.05) is 36.9 Å². The van der Waals surface area contributed by atoms with E-state index in [1.54, 1.807) is 6.08 Å². The van der Waals surface area contributed by atoms with Crippen LogP contribution in [-0.2, 0) is 9.09 Å². The third-order valence-electron chi connectivity index (χ3n) is 3.70. The summed E-state index contributed by atoms with van der Waals surface area (Å²) in [4.78, 5) is 0. The van der Waals surface area contributed by atoms with Gasteiger partial charge in [-0.2, -0.15) is 0 Å². The molecule has 0 aromatic heterocycles. The van der Waals surface area contributed by atoms with Crippen LogP contribution in [0.5, 0.6) is 0 Å². The molecule has 1 aromatic carbocycles. The Morgan fingerprint density at radius 3 is 2.52 bits per heavy atom. The molecule has 1 unspecified atom stereocenters. The lowest BCUT2D eigenvalue weighted by Crippen LogP contribution is -2.23. The Morgan fingerprint density at radius 2 is 2.00 bits per heavy atom. The Balaban J connectivity index is 2.47. The monoisotopic (exact) mass is 303 g/mol. The average Bonchev–Trinajstić information content (AvgIpc) is 2.71. The van der Waals surface area contributed by atoms with Crippen molar-refractivity contribution in [2.75, 3.05) is 7.05 Å². The van der Waals surface area contributed by atoms with Crippen LogP contribution < -0.4 is 0 Å². The highest BCUT2D eigenvalue weighted by molar-refractivity contribution is 7.61. The molecule has 21 heavy (non-hydrogen) atoms. The first-order valence-corrected chi connectivity index (χ1v) is 8.61. The van der Waals surface area contributed by atoms with E-state index in [-0.39, 0.29) is 12.1 Å². The number of allylic oxidation sites excluding steroid dienone is 2. The summed E-state index contributed by atoms with van der Waals surface area (Å²) in [6.07, 6.45) is 1.38. The smallest absolute Gasteiger partial charge is 0.304 e. The zero-order valence-electron chi connectivity index (χ0n) is 13.0. The number of nitrogens with zero attached hydrogens (tertiary/aromatic N) is 1. The average molecular weight is 303 g/mol. The first-order valence-electron chi connectivity index (χ1n) is 7.04. The van der Waals surface area contributed by atoms with Crippen molar-refractivity contribution < 1.29 is 9.09 Å². The van der Waals surface area contributed by atoms with Crippen LogP contribution in [0, 0.1) is 0 Å². The zero-order chi connectivity index (χ0) is 15.6. The van der Waals surface area contributed by atoms with E-state index in [1.807, 2.05) is 62.8 Å². The third kappa shape index (κ3) is 2.97. The predicted octanol–water partition coefficient (Wildman–Crippen LogP) is 4.91. The molecule has 0 bridgehead atoms. The van der Waals surface area contributed by atoms with E-state index in [0.29, 0.717) is 5.31 Å². The standard InChI is InChI=1S/C17H22NO2P/c1-6-16(12-13(2)3)21(19)18(5)14(4)17(20-21)15-10-8-7-9-11-15/h6-11,14,17H,1H2,2-5H3/t14-,17+,21?/m0/s1. The fourth-order valence-corrected chi connectivity index (χ4v) is 4.86. The van der Waals surface area contributed by atoms with Crippen LogP contribution >= 0.6 is 7.52 Å². The second-order valence-electron chi connectivity index (χ2n) is 5.49. The van der Waals surface area contributed by atoms with Crippen LogP contribution in [0.4, 0.5) is 0 Å². The van der Waals surface area contributed by atoms with Crippen molar-refractivity contribution in [1.29, 1.82) is 0 Å². The molecule has 1 saturated heterocycles. The number of hydrogen-bond acceptors (Lipinski definition) is 2. The Kier molecular flexibility index (Phi) is 4.70. The molecular formula is C17H22NO2P. The van der Waals surface area contributed by atoms with E-state index in [0.717, 1.165) is 11.1 Å². The first-order chi connectivity index (χ1) is 9.90. The van der Waals surface area contributed by atoms with Gasteiger partial charge < -0.3 is 4.52 Å². The summed E-state index contributed by atoms with van der Waals surface area (Å²) in [6.45, 7) is 9.64. The van der Waals surface area contributed by atoms with Gasteiger partial charge in [0, 0.05) is 6.04 Å². The highest BCUT2D eigenvalue weighted by atomic mass is 31.2. The summed E-state index contributed by atoms with van der Waals surface area (Å²) in [6, 6.07) is 9.92. The second kappa shape index (κ2) is 6.17. The van der Waals surface area contributed by atoms with E-state index < -0.39 is 7.52 Å². The number of benzene rings is 1. The van der Waals surface area contributed by atoms with Gasteiger partial charge >= 0.3 is 7.52 Å². The fraction of sp³-hybridized carbons (Fsp3) is 0.353. The van der Waals surface area contributed by atoms with Gasteiger partial charge in [-0.3, -0.25) is 4.57 Å². The topological polar surface area (TPSA) is 29.5 Å².